The summed E-state index contributed by atoms with van der Waals surface area (Å²) in [7, 11) is -3.20. The normalized spacial score (nSPS) is 21.8. The Hall–Kier alpha value is -1.32. The molecule has 0 unspecified atom stereocenters. The molecule has 0 radical (unpaired) electrons. The molecule has 0 saturated heterocycles. The molecule has 2 aromatic heterocycles. The smallest absolute Gasteiger partial charge is 0.214 e. The lowest BCUT2D eigenvalue weighted by molar-refractivity contribution is 0.323. The van der Waals surface area contributed by atoms with Gasteiger partial charge in [-0.2, -0.15) is 0 Å². The minimum atomic E-state index is -3.20. The highest BCUT2D eigenvalue weighted by atomic mass is 32.2. The molecule has 6 nitrogen and oxygen atoms in total. The van der Waals surface area contributed by atoms with Crippen molar-refractivity contribution >= 4 is 36.8 Å². The maximum Gasteiger partial charge on any atom is 0.214 e. The molecule has 138 valence electrons. The molecule has 1 aliphatic rings. The van der Waals surface area contributed by atoms with Crippen LogP contribution in [0.3, 0.4) is 0 Å². The van der Waals surface area contributed by atoms with E-state index in [2.05, 4.69) is 20.0 Å². The summed E-state index contributed by atoms with van der Waals surface area (Å²) >= 11 is 1.40. The summed E-state index contributed by atoms with van der Waals surface area (Å²) in [5, 5.41) is 3.66. The summed E-state index contributed by atoms with van der Waals surface area (Å²) in [5.74, 6) is 0.126. The zero-order chi connectivity index (χ0) is 18.0. The van der Waals surface area contributed by atoms with Gasteiger partial charge in [-0.05, 0) is 51.5 Å². The van der Waals surface area contributed by atoms with Crippen LogP contribution in [0.4, 0.5) is 9.52 Å². The first-order valence-electron chi connectivity index (χ1n) is 8.50. The van der Waals surface area contributed by atoms with Gasteiger partial charge in [0.15, 0.2) is 10.8 Å². The Morgan fingerprint density at radius 2 is 2.04 bits per heavy atom. The Kier molecular flexibility index (Phi) is 5.55. The van der Waals surface area contributed by atoms with Gasteiger partial charge in [-0.1, -0.05) is 11.3 Å². The standard InChI is InChI=1S/C16H23FN4O2S2/c1-10(2)25(22,23)21-13-5-3-11(4-6-13)8-19-16-20-15-14(24-16)7-12(17)9-18-15/h7,9-11,13,21H,3-6,8H2,1-2H3,(H,18,19,20). The highest BCUT2D eigenvalue weighted by molar-refractivity contribution is 7.90. The van der Waals surface area contributed by atoms with Gasteiger partial charge in [-0.25, -0.2) is 27.5 Å². The van der Waals surface area contributed by atoms with Crippen molar-refractivity contribution < 1.29 is 12.8 Å². The largest absolute Gasteiger partial charge is 0.361 e. The first-order valence-corrected chi connectivity index (χ1v) is 10.9. The quantitative estimate of drug-likeness (QED) is 0.797. The zero-order valence-electron chi connectivity index (χ0n) is 14.3. The van der Waals surface area contributed by atoms with Crippen molar-refractivity contribution in [3.8, 4) is 0 Å². The molecule has 0 bridgehead atoms. The highest BCUT2D eigenvalue weighted by Crippen LogP contribution is 2.28. The summed E-state index contributed by atoms with van der Waals surface area (Å²) in [6.07, 6.45) is 4.81. The molecular formula is C16H23FN4O2S2. The fourth-order valence-corrected chi connectivity index (χ4v) is 4.79. The van der Waals surface area contributed by atoms with Crippen molar-refractivity contribution in [1.82, 2.24) is 14.7 Å². The number of nitrogens with one attached hydrogen (secondary N) is 2. The van der Waals surface area contributed by atoms with E-state index in [1.165, 1.54) is 23.6 Å². The van der Waals surface area contributed by atoms with Gasteiger partial charge in [0.2, 0.25) is 10.0 Å². The number of nitrogens with zero attached hydrogens (tertiary/aromatic N) is 2. The van der Waals surface area contributed by atoms with Crippen molar-refractivity contribution in [2.45, 2.75) is 50.8 Å². The molecule has 3 rings (SSSR count). The van der Waals surface area contributed by atoms with Gasteiger partial charge in [0.25, 0.3) is 0 Å². The molecule has 0 aliphatic heterocycles. The van der Waals surface area contributed by atoms with Crippen LogP contribution in [-0.4, -0.2) is 36.2 Å². The number of sulfonamides is 1. The zero-order valence-corrected chi connectivity index (χ0v) is 16.0. The predicted molar refractivity (Wildman–Crippen MR) is 98.8 cm³/mol. The Morgan fingerprint density at radius 3 is 2.72 bits per heavy atom. The van der Waals surface area contributed by atoms with Crippen molar-refractivity contribution in [3.63, 3.8) is 0 Å². The third-order valence-corrected chi connectivity index (χ3v) is 7.41. The minimum Gasteiger partial charge on any atom is -0.361 e. The molecule has 1 saturated carbocycles. The Bertz CT molecular complexity index is 830. The van der Waals surface area contributed by atoms with E-state index in [-0.39, 0.29) is 11.9 Å². The van der Waals surface area contributed by atoms with Crippen molar-refractivity contribution in [1.29, 1.82) is 0 Å². The van der Waals surface area contributed by atoms with E-state index >= 15 is 0 Å². The first-order chi connectivity index (χ1) is 11.8. The summed E-state index contributed by atoms with van der Waals surface area (Å²) in [5.41, 5.74) is 0.556. The molecule has 2 aromatic rings. The topological polar surface area (TPSA) is 84.0 Å². The van der Waals surface area contributed by atoms with E-state index in [4.69, 9.17) is 0 Å². The van der Waals surface area contributed by atoms with Gasteiger partial charge in [0, 0.05) is 12.6 Å². The van der Waals surface area contributed by atoms with Gasteiger partial charge in [-0.3, -0.25) is 0 Å². The predicted octanol–water partition coefficient (Wildman–Crippen LogP) is 3.13. The lowest BCUT2D eigenvalue weighted by atomic mass is 9.86. The number of anilines is 1. The number of aromatic nitrogens is 2. The van der Waals surface area contributed by atoms with Crippen molar-refractivity contribution in [2.24, 2.45) is 5.92 Å². The maximum atomic E-state index is 13.2. The second-order valence-electron chi connectivity index (χ2n) is 6.80. The molecule has 25 heavy (non-hydrogen) atoms. The van der Waals surface area contributed by atoms with Crippen molar-refractivity contribution in [3.05, 3.63) is 18.1 Å². The van der Waals surface area contributed by atoms with E-state index < -0.39 is 15.3 Å². The molecule has 9 heteroatoms. The molecule has 0 amide bonds. The molecule has 2 heterocycles. The molecule has 2 N–H and O–H groups in total. The Balaban J connectivity index is 1.49. The molecule has 0 spiro atoms. The number of hydrogen-bond acceptors (Lipinski definition) is 6. The second-order valence-corrected chi connectivity index (χ2v) is 10.1. The Labute approximate surface area is 151 Å². The lowest BCUT2D eigenvalue weighted by Gasteiger charge is -2.29. The summed E-state index contributed by atoms with van der Waals surface area (Å²) in [4.78, 5) is 8.33. The lowest BCUT2D eigenvalue weighted by Crippen LogP contribution is -2.41. The van der Waals surface area contributed by atoms with Crippen LogP contribution in [0, 0.1) is 11.7 Å². The fraction of sp³-hybridized carbons (Fsp3) is 0.625. The van der Waals surface area contributed by atoms with E-state index in [1.807, 2.05) is 0 Å². The average molecular weight is 387 g/mol. The fourth-order valence-electron chi connectivity index (χ4n) is 2.96. The van der Waals surface area contributed by atoms with Gasteiger partial charge in [0.05, 0.1) is 16.1 Å². The number of rotatable bonds is 6. The van der Waals surface area contributed by atoms with Crippen LogP contribution in [0.5, 0.6) is 0 Å². The minimum absolute atomic E-state index is 0.0401. The Morgan fingerprint density at radius 1 is 1.32 bits per heavy atom. The molecule has 0 aromatic carbocycles. The highest BCUT2D eigenvalue weighted by Gasteiger charge is 2.26. The number of thiazole rings is 1. The maximum absolute atomic E-state index is 13.2. The summed E-state index contributed by atoms with van der Waals surface area (Å²) < 4.78 is 40.6. The van der Waals surface area contributed by atoms with Gasteiger partial charge in [-0.15, -0.1) is 0 Å². The molecular weight excluding hydrogens is 363 g/mol. The van der Waals surface area contributed by atoms with Crippen LogP contribution >= 0.6 is 11.3 Å². The monoisotopic (exact) mass is 386 g/mol. The van der Waals surface area contributed by atoms with Gasteiger partial charge >= 0.3 is 0 Å². The molecule has 1 aliphatic carbocycles. The number of pyridine rings is 1. The summed E-state index contributed by atoms with van der Waals surface area (Å²) in [6.45, 7) is 4.17. The van der Waals surface area contributed by atoms with Crippen LogP contribution < -0.4 is 10.0 Å². The van der Waals surface area contributed by atoms with E-state index in [1.54, 1.807) is 13.8 Å². The summed E-state index contributed by atoms with van der Waals surface area (Å²) in [6, 6.07) is 1.48. The first kappa shape index (κ1) is 18.5. The molecule has 1 fully saturated rings. The molecule has 0 atom stereocenters. The average Bonchev–Trinajstić information content (AvgIpc) is 2.95. The van der Waals surface area contributed by atoms with Crippen LogP contribution in [0.15, 0.2) is 12.3 Å². The number of fused-ring (bicyclic) bond motifs is 1. The van der Waals surface area contributed by atoms with Gasteiger partial charge < -0.3 is 5.32 Å². The van der Waals surface area contributed by atoms with Gasteiger partial charge in [0.1, 0.15) is 5.82 Å². The second kappa shape index (κ2) is 7.51. The number of halogens is 1. The van der Waals surface area contributed by atoms with Crippen LogP contribution in [0.1, 0.15) is 39.5 Å². The third kappa shape index (κ3) is 4.65. The van der Waals surface area contributed by atoms with E-state index in [0.29, 0.717) is 11.6 Å². The van der Waals surface area contributed by atoms with E-state index in [0.717, 1.165) is 42.1 Å². The van der Waals surface area contributed by atoms with E-state index in [9.17, 15) is 12.8 Å². The van der Waals surface area contributed by atoms with Crippen LogP contribution in [0.25, 0.3) is 10.3 Å². The SMILES string of the molecule is CC(C)S(=O)(=O)NC1CCC(CNc2nc3ncc(F)cc3s2)CC1. The van der Waals surface area contributed by atoms with Crippen LogP contribution in [0.2, 0.25) is 0 Å². The third-order valence-electron chi connectivity index (χ3n) is 4.55. The van der Waals surface area contributed by atoms with Crippen molar-refractivity contribution in [2.75, 3.05) is 11.9 Å². The number of hydrogen-bond donors (Lipinski definition) is 2. The van der Waals surface area contributed by atoms with Crippen LogP contribution in [-0.2, 0) is 10.0 Å².